The van der Waals surface area contributed by atoms with Gasteiger partial charge in [-0.05, 0) is 30.3 Å². The van der Waals surface area contributed by atoms with E-state index in [0.717, 1.165) is 6.07 Å². The fourth-order valence-corrected chi connectivity index (χ4v) is 3.74. The van der Waals surface area contributed by atoms with E-state index in [2.05, 4.69) is 10.3 Å². The molecule has 30 heavy (non-hydrogen) atoms. The van der Waals surface area contributed by atoms with Crippen molar-refractivity contribution in [3.8, 4) is 5.75 Å². The smallest absolute Gasteiger partial charge is 0.312 e. The third-order valence-electron chi connectivity index (χ3n) is 4.01. The predicted octanol–water partition coefficient (Wildman–Crippen LogP) is 0.850. The van der Waals surface area contributed by atoms with E-state index in [1.54, 1.807) is 0 Å². The molecule has 158 valence electrons. The summed E-state index contributed by atoms with van der Waals surface area (Å²) in [5.41, 5.74) is 10.0. The Bertz CT molecular complexity index is 1400. The minimum absolute atomic E-state index is 0.115. The first-order valence-corrected chi connectivity index (χ1v) is 10.7. The molecule has 0 aliphatic rings. The Morgan fingerprint density at radius 3 is 2.10 bits per heavy atom. The quantitative estimate of drug-likeness (QED) is 0.184. The number of phenols is 1. The fourth-order valence-electron chi connectivity index (χ4n) is 2.62. The van der Waals surface area contributed by atoms with Crippen LogP contribution in [0, 0.1) is 0 Å². The zero-order valence-corrected chi connectivity index (χ0v) is 16.4. The van der Waals surface area contributed by atoms with Crippen molar-refractivity contribution < 1.29 is 35.8 Å². The summed E-state index contributed by atoms with van der Waals surface area (Å²) in [5, 5.41) is 11.4. The molecular weight excluding hydrogens is 440 g/mol. The van der Waals surface area contributed by atoms with Crippen LogP contribution in [0.15, 0.2) is 46.3 Å². The topological polar surface area (TPSA) is 223 Å². The van der Waals surface area contributed by atoms with Gasteiger partial charge in [-0.15, -0.1) is 0 Å². The van der Waals surface area contributed by atoms with Crippen LogP contribution >= 0.6 is 0 Å². The lowest BCUT2D eigenvalue weighted by molar-refractivity contribution is 0.102. The van der Waals surface area contributed by atoms with Crippen LogP contribution in [0.1, 0.15) is 10.4 Å². The number of hydrogen-bond acceptors (Lipinski definition) is 9. The lowest BCUT2D eigenvalue weighted by Crippen LogP contribution is -2.14. The Hall–Kier alpha value is -3.46. The summed E-state index contributed by atoms with van der Waals surface area (Å²) in [4.78, 5) is 15.2. The van der Waals surface area contributed by atoms with Crippen molar-refractivity contribution in [2.24, 2.45) is 0 Å². The zero-order chi connectivity index (χ0) is 22.4. The first-order valence-electron chi connectivity index (χ1n) is 7.87. The number of carbonyl (C=O) groups is 1. The average molecular weight is 454 g/mol. The molecule has 14 heteroatoms. The number of nitrogens with one attached hydrogen (secondary N) is 1. The Morgan fingerprint density at radius 2 is 1.57 bits per heavy atom. The third kappa shape index (κ3) is 3.97. The zero-order valence-electron chi connectivity index (χ0n) is 14.8. The summed E-state index contributed by atoms with van der Waals surface area (Å²) in [6.45, 7) is 0. The van der Waals surface area contributed by atoms with Gasteiger partial charge < -0.3 is 21.9 Å². The van der Waals surface area contributed by atoms with E-state index in [0.29, 0.717) is 11.8 Å². The number of carbonyl (C=O) groups excluding carboxylic acids is 1. The monoisotopic (exact) mass is 454 g/mol. The van der Waals surface area contributed by atoms with Gasteiger partial charge in [0.1, 0.15) is 4.90 Å². The lowest BCUT2D eigenvalue weighted by atomic mass is 10.1. The van der Waals surface area contributed by atoms with Crippen molar-refractivity contribution >= 4 is 54.1 Å². The van der Waals surface area contributed by atoms with Crippen molar-refractivity contribution in [3.05, 3.63) is 42.0 Å². The number of nitrogens with zero attached hydrogens (tertiary/aromatic N) is 1. The van der Waals surface area contributed by atoms with Gasteiger partial charge in [-0.1, -0.05) is 0 Å². The van der Waals surface area contributed by atoms with Gasteiger partial charge in [-0.25, -0.2) is 4.98 Å². The van der Waals surface area contributed by atoms with Crippen LogP contribution in [0.25, 0.3) is 10.9 Å². The van der Waals surface area contributed by atoms with Crippen molar-refractivity contribution in [1.29, 1.82) is 0 Å². The molecule has 1 amide bonds. The first-order chi connectivity index (χ1) is 13.8. The summed E-state index contributed by atoms with van der Waals surface area (Å²) in [6.07, 6.45) is 0. The Morgan fingerprint density at radius 1 is 0.967 bits per heavy atom. The molecule has 0 atom stereocenters. The largest absolute Gasteiger partial charge is 0.505 e. The van der Waals surface area contributed by atoms with Gasteiger partial charge in [-0.3, -0.25) is 13.9 Å². The van der Waals surface area contributed by atoms with Crippen LogP contribution in [0.2, 0.25) is 0 Å². The van der Waals surface area contributed by atoms with Gasteiger partial charge in [0.05, 0.1) is 22.3 Å². The van der Waals surface area contributed by atoms with Gasteiger partial charge in [0.25, 0.3) is 16.0 Å². The molecule has 3 aromatic rings. The number of aromatic hydroxyl groups is 1. The number of fused-ring (bicyclic) bond motifs is 1. The average Bonchev–Trinajstić information content (AvgIpc) is 2.63. The Balaban J connectivity index is 2.30. The number of rotatable bonds is 4. The molecule has 0 bridgehead atoms. The maximum atomic E-state index is 12.5. The van der Waals surface area contributed by atoms with E-state index in [1.165, 1.54) is 24.3 Å². The summed E-state index contributed by atoms with van der Waals surface area (Å²) >= 11 is 0. The number of pyridine rings is 1. The van der Waals surface area contributed by atoms with Crippen molar-refractivity contribution in [2.45, 2.75) is 9.92 Å². The van der Waals surface area contributed by atoms with Crippen LogP contribution < -0.4 is 16.8 Å². The molecule has 0 radical (unpaired) electrons. The first kappa shape index (κ1) is 21.3. The van der Waals surface area contributed by atoms with Crippen molar-refractivity contribution in [3.63, 3.8) is 0 Å². The van der Waals surface area contributed by atoms with Crippen molar-refractivity contribution in [2.75, 3.05) is 16.8 Å². The van der Waals surface area contributed by atoms with Crippen LogP contribution in [-0.2, 0) is 20.2 Å². The number of nitrogen functional groups attached to an aromatic ring is 2. The van der Waals surface area contributed by atoms with Crippen LogP contribution in [0.5, 0.6) is 5.75 Å². The lowest BCUT2D eigenvalue weighted by Gasteiger charge is -2.14. The van der Waals surface area contributed by atoms with E-state index in [-0.39, 0.29) is 16.6 Å². The van der Waals surface area contributed by atoms with Gasteiger partial charge in [0.15, 0.2) is 10.8 Å². The second-order valence-corrected chi connectivity index (χ2v) is 8.82. The minimum atomic E-state index is -4.91. The molecule has 1 aromatic heterocycles. The van der Waals surface area contributed by atoms with E-state index in [4.69, 9.17) is 11.5 Å². The van der Waals surface area contributed by atoms with E-state index < -0.39 is 53.0 Å². The molecule has 0 aliphatic carbocycles. The number of anilines is 3. The standard InChI is InChI=1S/C16H14N4O8S2/c17-8-3-1-7(2-4-8)16(22)20-10-6-12(30(26,27)28)19-9-5-11(29(23,24)25)14(18)15(21)13(9)10/h1-6,21H,17-18H2,(H,19,20,22)(H,23,24,25)(H,26,27,28). The number of aromatic nitrogens is 1. The third-order valence-corrected chi connectivity index (χ3v) is 5.64. The SMILES string of the molecule is Nc1ccc(C(=O)Nc2cc(S(=O)(=O)O)nc3cc(S(=O)(=O)O)c(N)c(O)c23)cc1. The molecule has 0 saturated carbocycles. The molecule has 3 rings (SSSR count). The molecule has 0 spiro atoms. The molecule has 0 aliphatic heterocycles. The highest BCUT2D eigenvalue weighted by molar-refractivity contribution is 7.86. The maximum absolute atomic E-state index is 12.5. The number of hydrogen-bond donors (Lipinski definition) is 6. The summed E-state index contributed by atoms with van der Waals surface area (Å²) in [6, 6.07) is 7.07. The second kappa shape index (κ2) is 7.10. The molecule has 0 fully saturated rings. The molecule has 2 aromatic carbocycles. The van der Waals surface area contributed by atoms with Crippen molar-refractivity contribution in [1.82, 2.24) is 4.98 Å². The molecule has 1 heterocycles. The second-order valence-electron chi connectivity index (χ2n) is 6.07. The predicted molar refractivity (Wildman–Crippen MR) is 106 cm³/mol. The Labute approximate surface area is 169 Å². The van der Waals surface area contributed by atoms with Gasteiger partial charge >= 0.3 is 10.1 Å². The highest BCUT2D eigenvalue weighted by Gasteiger charge is 2.25. The fraction of sp³-hybridized carbons (Fsp3) is 0. The van der Waals surface area contributed by atoms with E-state index in [1.807, 2.05) is 0 Å². The molecule has 8 N–H and O–H groups in total. The summed E-state index contributed by atoms with van der Waals surface area (Å²) in [7, 11) is -9.81. The summed E-state index contributed by atoms with van der Waals surface area (Å²) < 4.78 is 64.7. The maximum Gasteiger partial charge on any atom is 0.312 e. The molecular formula is C16H14N4O8S2. The number of benzene rings is 2. The number of nitrogens with two attached hydrogens (primary N) is 2. The van der Waals surface area contributed by atoms with Crippen LogP contribution in [0.4, 0.5) is 17.1 Å². The van der Waals surface area contributed by atoms with Crippen LogP contribution in [0.3, 0.4) is 0 Å². The van der Waals surface area contributed by atoms with E-state index in [9.17, 15) is 35.8 Å². The van der Waals surface area contributed by atoms with Gasteiger partial charge in [-0.2, -0.15) is 16.8 Å². The number of phenolic OH excluding ortho intramolecular Hbond substituents is 1. The summed E-state index contributed by atoms with van der Waals surface area (Å²) in [5.74, 6) is -1.64. The number of amides is 1. The van der Waals surface area contributed by atoms with Gasteiger partial charge in [0.2, 0.25) is 0 Å². The van der Waals surface area contributed by atoms with Crippen LogP contribution in [-0.4, -0.2) is 41.9 Å². The highest BCUT2D eigenvalue weighted by atomic mass is 32.2. The Kier molecular flexibility index (Phi) is 5.03. The van der Waals surface area contributed by atoms with E-state index >= 15 is 0 Å². The molecule has 12 nitrogen and oxygen atoms in total. The van der Waals surface area contributed by atoms with Gasteiger partial charge in [0, 0.05) is 17.3 Å². The molecule has 0 unspecified atom stereocenters. The molecule has 0 saturated heterocycles. The minimum Gasteiger partial charge on any atom is -0.505 e. The normalized spacial score (nSPS) is 12.1. The highest BCUT2D eigenvalue weighted by Crippen LogP contribution is 2.40.